The van der Waals surface area contributed by atoms with Gasteiger partial charge >= 0.3 is 47.6 Å². The van der Waals surface area contributed by atoms with E-state index in [2.05, 4.69) is 4.18 Å². The van der Waals surface area contributed by atoms with Crippen LogP contribution in [0.1, 0.15) is 27.1 Å². The molecule has 6 nitrogen and oxygen atoms in total. The maximum Gasteiger partial charge on any atom is 0.460 e. The van der Waals surface area contributed by atoms with Crippen LogP contribution in [0, 0.1) is 0 Å². The molecule has 2 rings (SSSR count). The number of carbonyl (C=O) groups is 2. The largest absolute Gasteiger partial charge is 0.460 e. The normalized spacial score (nSPS) is 16.5. The summed E-state index contributed by atoms with van der Waals surface area (Å²) in [6, 6.07) is 4.95. The van der Waals surface area contributed by atoms with Crippen molar-refractivity contribution in [2.45, 2.75) is 54.1 Å². The minimum atomic E-state index is -8.80. The molecule has 0 spiro atoms. The summed E-state index contributed by atoms with van der Waals surface area (Å²) in [5, 5.41) is 0. The standard InChI is InChI=1S/C20H12F17NO5S/c21-13(22,5-8-44(41,42)43-7-6-38-11(39)9-3-1-2-4-10(9)12(38)40)14(23,24)15(25,26)16(27,28)17(29,30)18(31,32)19(33,34)20(35,36)37/h1-4H,5-8H2. The predicted octanol–water partition coefficient (Wildman–Crippen LogP) is 6.03. The Morgan fingerprint density at radius 2 is 0.955 bits per heavy atom. The van der Waals surface area contributed by atoms with Crippen LogP contribution in [0.15, 0.2) is 24.3 Å². The van der Waals surface area contributed by atoms with Crippen LogP contribution in [0.2, 0.25) is 0 Å². The van der Waals surface area contributed by atoms with Crippen LogP contribution in [0.3, 0.4) is 0 Å². The first-order valence-electron chi connectivity index (χ1n) is 10.9. The average molecular weight is 701 g/mol. The summed E-state index contributed by atoms with van der Waals surface area (Å²) in [5.41, 5.74) is -0.351. The summed E-state index contributed by atoms with van der Waals surface area (Å²) in [4.78, 5) is 24.6. The quantitative estimate of drug-likeness (QED) is 0.143. The number of hydrogen-bond acceptors (Lipinski definition) is 5. The van der Waals surface area contributed by atoms with Crippen LogP contribution >= 0.6 is 0 Å². The number of fused-ring (bicyclic) bond motifs is 1. The Hall–Kier alpha value is -2.92. The highest BCUT2D eigenvalue weighted by Crippen LogP contribution is 2.64. The summed E-state index contributed by atoms with van der Waals surface area (Å²) < 4.78 is 254. The van der Waals surface area contributed by atoms with E-state index >= 15 is 0 Å². The fourth-order valence-electron chi connectivity index (χ4n) is 3.36. The van der Waals surface area contributed by atoms with E-state index in [1.54, 1.807) is 0 Å². The first kappa shape index (κ1) is 37.3. The van der Waals surface area contributed by atoms with Crippen molar-refractivity contribution in [3.63, 3.8) is 0 Å². The lowest BCUT2D eigenvalue weighted by Gasteiger charge is -2.42. The fraction of sp³-hybridized carbons (Fsp3) is 0.600. The molecular weight excluding hydrogens is 689 g/mol. The zero-order chi connectivity index (χ0) is 34.8. The van der Waals surface area contributed by atoms with Gasteiger partial charge in [0, 0.05) is 6.42 Å². The molecule has 0 aromatic heterocycles. The van der Waals surface area contributed by atoms with Gasteiger partial charge in [0.15, 0.2) is 0 Å². The summed E-state index contributed by atoms with van der Waals surface area (Å²) >= 11 is 0. The van der Waals surface area contributed by atoms with Crippen molar-refractivity contribution in [2.75, 3.05) is 18.9 Å². The molecule has 0 fully saturated rings. The molecule has 0 radical (unpaired) electrons. The molecule has 0 saturated heterocycles. The van der Waals surface area contributed by atoms with E-state index in [0.29, 0.717) is 4.90 Å². The van der Waals surface area contributed by atoms with Gasteiger partial charge in [-0.3, -0.25) is 18.7 Å². The molecule has 0 aliphatic carbocycles. The maximum absolute atomic E-state index is 13.9. The van der Waals surface area contributed by atoms with Crippen LogP contribution in [0.5, 0.6) is 0 Å². The molecule has 0 saturated carbocycles. The van der Waals surface area contributed by atoms with E-state index in [1.165, 1.54) is 12.1 Å². The van der Waals surface area contributed by atoms with E-state index < -0.39 is 94.9 Å². The lowest BCUT2D eigenvalue weighted by molar-refractivity contribution is -0.461. The van der Waals surface area contributed by atoms with Gasteiger partial charge in [0.2, 0.25) is 0 Å². The van der Waals surface area contributed by atoms with Crippen molar-refractivity contribution in [1.82, 2.24) is 4.90 Å². The molecule has 2 amide bonds. The second-order valence-corrected chi connectivity index (χ2v) is 10.5. The highest BCUT2D eigenvalue weighted by atomic mass is 32.2. The van der Waals surface area contributed by atoms with Crippen molar-refractivity contribution in [2.24, 2.45) is 0 Å². The van der Waals surface area contributed by atoms with Gasteiger partial charge in [0.25, 0.3) is 21.9 Å². The summed E-state index contributed by atoms with van der Waals surface area (Å²) in [6.45, 7) is -2.27. The van der Waals surface area contributed by atoms with Crippen molar-refractivity contribution in [3.05, 3.63) is 35.4 Å². The zero-order valence-corrected chi connectivity index (χ0v) is 21.3. The SMILES string of the molecule is O=C1c2ccccc2C(=O)N1CCOS(=O)(=O)CCC(F)(F)C(F)(F)C(F)(F)C(F)(F)C(F)(F)C(F)(F)C(F)(F)C(F)(F)F. The molecule has 1 aliphatic rings. The number of halogens is 17. The Morgan fingerprint density at radius 3 is 1.34 bits per heavy atom. The second-order valence-electron chi connectivity index (χ2n) is 8.79. The summed E-state index contributed by atoms with van der Waals surface area (Å²) in [7, 11) is -5.62. The van der Waals surface area contributed by atoms with Crippen LogP contribution in [-0.4, -0.2) is 91.7 Å². The number of alkyl halides is 17. The molecule has 1 aromatic carbocycles. The number of nitrogens with zero attached hydrogens (tertiary/aromatic N) is 1. The fourth-order valence-corrected chi connectivity index (χ4v) is 4.32. The first-order chi connectivity index (χ1) is 19.4. The Bertz CT molecular complexity index is 1360. The lowest BCUT2D eigenvalue weighted by Crippen LogP contribution is -2.74. The van der Waals surface area contributed by atoms with Crippen molar-refractivity contribution in [1.29, 1.82) is 0 Å². The molecule has 252 valence electrons. The molecule has 1 heterocycles. The maximum atomic E-state index is 13.9. The van der Waals surface area contributed by atoms with Gasteiger partial charge < -0.3 is 0 Å². The van der Waals surface area contributed by atoms with E-state index in [9.17, 15) is 92.6 Å². The van der Waals surface area contributed by atoms with Crippen molar-refractivity contribution >= 4 is 21.9 Å². The Morgan fingerprint density at radius 1 is 0.591 bits per heavy atom. The van der Waals surface area contributed by atoms with Crippen molar-refractivity contribution < 1.29 is 96.8 Å². The monoisotopic (exact) mass is 701 g/mol. The molecular formula is C20H12F17NO5S. The molecule has 0 unspecified atom stereocenters. The number of imide groups is 1. The third-order valence-corrected chi connectivity index (χ3v) is 7.14. The average Bonchev–Trinajstić information content (AvgIpc) is 3.11. The Labute approximate surface area is 232 Å². The molecule has 0 bridgehead atoms. The topological polar surface area (TPSA) is 80.8 Å². The molecule has 1 aromatic rings. The van der Waals surface area contributed by atoms with E-state index in [-0.39, 0.29) is 11.1 Å². The molecule has 44 heavy (non-hydrogen) atoms. The van der Waals surface area contributed by atoms with Crippen LogP contribution in [-0.2, 0) is 14.3 Å². The third kappa shape index (κ3) is 5.55. The van der Waals surface area contributed by atoms with Crippen LogP contribution in [0.25, 0.3) is 0 Å². The lowest BCUT2D eigenvalue weighted by atomic mass is 9.88. The Balaban J connectivity index is 2.22. The van der Waals surface area contributed by atoms with Gasteiger partial charge in [0.05, 0.1) is 30.0 Å². The van der Waals surface area contributed by atoms with Gasteiger partial charge in [-0.15, -0.1) is 0 Å². The van der Waals surface area contributed by atoms with Crippen LogP contribution < -0.4 is 0 Å². The van der Waals surface area contributed by atoms with Gasteiger partial charge in [-0.25, -0.2) is 0 Å². The number of rotatable bonds is 13. The summed E-state index contributed by atoms with van der Waals surface area (Å²) in [6.07, 6.45) is -11.1. The van der Waals surface area contributed by atoms with E-state index in [4.69, 9.17) is 0 Å². The van der Waals surface area contributed by atoms with Gasteiger partial charge in [-0.05, 0) is 12.1 Å². The zero-order valence-electron chi connectivity index (χ0n) is 20.5. The Kier molecular flexibility index (Phi) is 9.20. The molecule has 24 heteroatoms. The molecule has 1 aliphatic heterocycles. The van der Waals surface area contributed by atoms with Gasteiger partial charge in [0.1, 0.15) is 0 Å². The first-order valence-corrected chi connectivity index (χ1v) is 12.5. The number of benzene rings is 1. The highest BCUT2D eigenvalue weighted by molar-refractivity contribution is 7.86. The number of amides is 2. The highest BCUT2D eigenvalue weighted by Gasteiger charge is 2.95. The smallest absolute Gasteiger partial charge is 0.272 e. The third-order valence-electron chi connectivity index (χ3n) is 5.91. The van der Waals surface area contributed by atoms with E-state index in [0.717, 1.165) is 12.1 Å². The summed E-state index contributed by atoms with van der Waals surface area (Å²) in [5.74, 6) is -62.6. The van der Waals surface area contributed by atoms with Crippen LogP contribution in [0.4, 0.5) is 74.6 Å². The number of hydrogen-bond donors (Lipinski definition) is 0. The van der Waals surface area contributed by atoms with Gasteiger partial charge in [-0.1, -0.05) is 12.1 Å². The molecule has 0 N–H and O–H groups in total. The van der Waals surface area contributed by atoms with Crippen molar-refractivity contribution in [3.8, 4) is 0 Å². The van der Waals surface area contributed by atoms with Gasteiger partial charge in [-0.2, -0.15) is 83.1 Å². The van der Waals surface area contributed by atoms with E-state index in [1.807, 2.05) is 0 Å². The molecule has 0 atom stereocenters. The number of carbonyl (C=O) groups excluding carboxylic acids is 2. The second kappa shape index (κ2) is 10.9. The minimum Gasteiger partial charge on any atom is -0.272 e. The minimum absolute atomic E-state index is 0.176. The predicted molar refractivity (Wildman–Crippen MR) is 107 cm³/mol.